The molecule has 1 saturated carbocycles. The summed E-state index contributed by atoms with van der Waals surface area (Å²) in [6.07, 6.45) is 3.37. The highest BCUT2D eigenvalue weighted by Gasteiger charge is 2.28. The van der Waals surface area contributed by atoms with Crippen LogP contribution in [0.1, 0.15) is 61.3 Å². The summed E-state index contributed by atoms with van der Waals surface area (Å²) in [5.41, 5.74) is 0.865. The van der Waals surface area contributed by atoms with E-state index in [-0.39, 0.29) is 11.6 Å². The van der Waals surface area contributed by atoms with E-state index in [0.29, 0.717) is 6.04 Å². The third-order valence-electron chi connectivity index (χ3n) is 2.90. The number of rotatable bonds is 3. The van der Waals surface area contributed by atoms with Gasteiger partial charge in [-0.2, -0.15) is 0 Å². The van der Waals surface area contributed by atoms with Crippen molar-refractivity contribution in [3.05, 3.63) is 11.4 Å². The molecule has 0 aromatic carbocycles. The molecule has 5 heteroatoms. The first-order valence-electron chi connectivity index (χ1n) is 5.29. The lowest BCUT2D eigenvalue weighted by Gasteiger charge is -2.27. The van der Waals surface area contributed by atoms with Crippen molar-refractivity contribution in [3.8, 4) is 0 Å². The number of hydrogen-bond acceptors (Lipinski definition) is 3. The number of carboxylic acids is 1. The highest BCUT2D eigenvalue weighted by Crippen LogP contribution is 2.34. The number of hydrogen-bond donors (Lipinski definition) is 1. The second-order valence-electron chi connectivity index (χ2n) is 4.31. The standard InChI is InChI=1S/C10H15N3O2/c1-6(2)9-8(10(14)15)11-12-13(9)7-4-3-5-7/h6-7H,3-5H2,1-2H3,(H,14,15). The van der Waals surface area contributed by atoms with Gasteiger partial charge in [0.1, 0.15) is 0 Å². The van der Waals surface area contributed by atoms with Gasteiger partial charge in [-0.3, -0.25) is 0 Å². The van der Waals surface area contributed by atoms with Gasteiger partial charge in [-0.05, 0) is 25.2 Å². The van der Waals surface area contributed by atoms with Gasteiger partial charge in [-0.1, -0.05) is 19.1 Å². The summed E-state index contributed by atoms with van der Waals surface area (Å²) in [5, 5.41) is 16.7. The van der Waals surface area contributed by atoms with Crippen molar-refractivity contribution in [2.75, 3.05) is 0 Å². The van der Waals surface area contributed by atoms with E-state index in [2.05, 4.69) is 10.3 Å². The van der Waals surface area contributed by atoms with Crippen molar-refractivity contribution in [1.29, 1.82) is 0 Å². The van der Waals surface area contributed by atoms with Crippen LogP contribution < -0.4 is 0 Å². The third kappa shape index (κ3) is 1.62. The van der Waals surface area contributed by atoms with Crippen LogP contribution >= 0.6 is 0 Å². The Balaban J connectivity index is 2.41. The van der Waals surface area contributed by atoms with Gasteiger partial charge >= 0.3 is 5.97 Å². The Kier molecular flexibility index (Phi) is 2.46. The molecule has 0 unspecified atom stereocenters. The minimum atomic E-state index is -0.982. The summed E-state index contributed by atoms with van der Waals surface area (Å²) in [4.78, 5) is 11.0. The summed E-state index contributed by atoms with van der Waals surface area (Å²) >= 11 is 0. The maximum atomic E-state index is 11.0. The number of nitrogens with zero attached hydrogens (tertiary/aromatic N) is 3. The molecule has 0 aliphatic heterocycles. The number of aromatic nitrogens is 3. The van der Waals surface area contributed by atoms with Crippen molar-refractivity contribution >= 4 is 5.97 Å². The molecule has 1 aliphatic rings. The Labute approximate surface area is 88.1 Å². The van der Waals surface area contributed by atoms with Crippen molar-refractivity contribution in [1.82, 2.24) is 15.0 Å². The first kappa shape index (κ1) is 10.1. The molecule has 2 rings (SSSR count). The van der Waals surface area contributed by atoms with Gasteiger partial charge < -0.3 is 5.11 Å². The zero-order valence-corrected chi connectivity index (χ0v) is 8.97. The van der Waals surface area contributed by atoms with Crippen LogP contribution in [0.4, 0.5) is 0 Å². The van der Waals surface area contributed by atoms with Gasteiger partial charge in [0.15, 0.2) is 5.69 Å². The molecule has 82 valence electrons. The Morgan fingerprint density at radius 2 is 2.20 bits per heavy atom. The maximum absolute atomic E-state index is 11.0. The van der Waals surface area contributed by atoms with E-state index >= 15 is 0 Å². The molecule has 1 N–H and O–H groups in total. The number of carbonyl (C=O) groups is 1. The number of aromatic carboxylic acids is 1. The molecule has 0 saturated heterocycles. The topological polar surface area (TPSA) is 68.0 Å². The van der Waals surface area contributed by atoms with Crippen LogP contribution in [-0.2, 0) is 0 Å². The summed E-state index contributed by atoms with van der Waals surface area (Å²) in [5.74, 6) is -0.837. The fraction of sp³-hybridized carbons (Fsp3) is 0.700. The molecular weight excluding hydrogens is 194 g/mol. The molecule has 1 heterocycles. The van der Waals surface area contributed by atoms with E-state index in [1.807, 2.05) is 13.8 Å². The fourth-order valence-corrected chi connectivity index (χ4v) is 1.89. The predicted molar refractivity (Wildman–Crippen MR) is 54.0 cm³/mol. The first-order valence-corrected chi connectivity index (χ1v) is 5.29. The maximum Gasteiger partial charge on any atom is 0.358 e. The van der Waals surface area contributed by atoms with Gasteiger partial charge in [0.25, 0.3) is 0 Å². The predicted octanol–water partition coefficient (Wildman–Crippen LogP) is 1.82. The van der Waals surface area contributed by atoms with Crippen LogP contribution in [0.25, 0.3) is 0 Å². The van der Waals surface area contributed by atoms with Gasteiger partial charge in [0, 0.05) is 0 Å². The SMILES string of the molecule is CC(C)c1c(C(=O)O)nnn1C1CCC1. The highest BCUT2D eigenvalue weighted by atomic mass is 16.4. The third-order valence-corrected chi connectivity index (χ3v) is 2.90. The molecule has 5 nitrogen and oxygen atoms in total. The summed E-state index contributed by atoms with van der Waals surface area (Å²) < 4.78 is 1.80. The molecule has 0 atom stereocenters. The lowest BCUT2D eigenvalue weighted by Crippen LogP contribution is -2.21. The Morgan fingerprint density at radius 3 is 2.60 bits per heavy atom. The fourth-order valence-electron chi connectivity index (χ4n) is 1.89. The smallest absolute Gasteiger partial charge is 0.358 e. The molecule has 1 aliphatic carbocycles. The average molecular weight is 209 g/mol. The highest BCUT2D eigenvalue weighted by molar-refractivity contribution is 5.86. The molecule has 0 radical (unpaired) electrons. The van der Waals surface area contributed by atoms with Gasteiger partial charge in [0.2, 0.25) is 0 Å². The molecule has 15 heavy (non-hydrogen) atoms. The van der Waals surface area contributed by atoms with Crippen LogP contribution in [0, 0.1) is 0 Å². The van der Waals surface area contributed by atoms with E-state index in [0.717, 1.165) is 18.5 Å². The van der Waals surface area contributed by atoms with E-state index in [1.165, 1.54) is 6.42 Å². The lowest BCUT2D eigenvalue weighted by atomic mass is 9.92. The molecule has 1 fully saturated rings. The van der Waals surface area contributed by atoms with Gasteiger partial charge in [-0.25, -0.2) is 9.48 Å². The van der Waals surface area contributed by atoms with Gasteiger partial charge in [-0.15, -0.1) is 5.10 Å². The van der Waals surface area contributed by atoms with Crippen LogP contribution in [0.2, 0.25) is 0 Å². The summed E-state index contributed by atoms with van der Waals surface area (Å²) in [7, 11) is 0. The first-order chi connectivity index (χ1) is 7.11. The van der Waals surface area contributed by atoms with Crippen molar-refractivity contribution in [3.63, 3.8) is 0 Å². The Morgan fingerprint density at radius 1 is 1.53 bits per heavy atom. The monoisotopic (exact) mass is 209 g/mol. The molecular formula is C10H15N3O2. The quantitative estimate of drug-likeness (QED) is 0.824. The molecule has 1 aromatic rings. The number of carboxylic acid groups (broad SMARTS) is 1. The summed E-state index contributed by atoms with van der Waals surface area (Å²) in [6.45, 7) is 3.95. The zero-order valence-electron chi connectivity index (χ0n) is 8.97. The Bertz CT molecular complexity index is 380. The minimum Gasteiger partial charge on any atom is -0.476 e. The normalized spacial score (nSPS) is 16.7. The van der Waals surface area contributed by atoms with E-state index in [4.69, 9.17) is 5.11 Å². The van der Waals surface area contributed by atoms with Crippen LogP contribution in [0.3, 0.4) is 0 Å². The van der Waals surface area contributed by atoms with E-state index in [1.54, 1.807) is 4.68 Å². The van der Waals surface area contributed by atoms with Crippen LogP contribution in [0.5, 0.6) is 0 Å². The van der Waals surface area contributed by atoms with Crippen molar-refractivity contribution in [2.24, 2.45) is 0 Å². The van der Waals surface area contributed by atoms with Crippen LogP contribution in [0.15, 0.2) is 0 Å². The molecule has 0 bridgehead atoms. The second kappa shape index (κ2) is 3.64. The minimum absolute atomic E-state index is 0.108. The zero-order chi connectivity index (χ0) is 11.0. The van der Waals surface area contributed by atoms with E-state index < -0.39 is 5.97 Å². The van der Waals surface area contributed by atoms with Crippen molar-refractivity contribution < 1.29 is 9.90 Å². The summed E-state index contributed by atoms with van der Waals surface area (Å²) in [6, 6.07) is 0.364. The van der Waals surface area contributed by atoms with E-state index in [9.17, 15) is 4.79 Å². The van der Waals surface area contributed by atoms with Crippen LogP contribution in [-0.4, -0.2) is 26.1 Å². The van der Waals surface area contributed by atoms with Gasteiger partial charge in [0.05, 0.1) is 11.7 Å². The largest absolute Gasteiger partial charge is 0.476 e. The average Bonchev–Trinajstić information content (AvgIpc) is 2.45. The second-order valence-corrected chi connectivity index (χ2v) is 4.31. The Hall–Kier alpha value is -1.39. The molecule has 0 amide bonds. The molecule has 1 aromatic heterocycles. The van der Waals surface area contributed by atoms with Crippen molar-refractivity contribution in [2.45, 2.75) is 45.1 Å². The molecule has 0 spiro atoms. The lowest BCUT2D eigenvalue weighted by molar-refractivity contribution is 0.0688.